The monoisotopic (exact) mass is 317 g/mol. The summed E-state index contributed by atoms with van der Waals surface area (Å²) >= 11 is 0. The maximum atomic E-state index is 12.3. The second-order valence-electron chi connectivity index (χ2n) is 6.73. The first kappa shape index (κ1) is 17.5. The van der Waals surface area contributed by atoms with E-state index in [0.29, 0.717) is 18.4 Å². The molecule has 2 N–H and O–H groups in total. The number of carbonyl (C=O) groups is 2. The van der Waals surface area contributed by atoms with E-state index < -0.39 is 6.03 Å². The normalized spacial score (nSPS) is 23.1. The van der Waals surface area contributed by atoms with Gasteiger partial charge in [-0.15, -0.1) is 0 Å². The van der Waals surface area contributed by atoms with Crippen LogP contribution in [0.3, 0.4) is 0 Å². The lowest BCUT2D eigenvalue weighted by Gasteiger charge is -2.37. The van der Waals surface area contributed by atoms with Gasteiger partial charge in [-0.3, -0.25) is 15.0 Å². The largest absolute Gasteiger partial charge is 0.334 e. The van der Waals surface area contributed by atoms with E-state index in [-0.39, 0.29) is 11.9 Å². The van der Waals surface area contributed by atoms with Crippen molar-refractivity contribution in [3.63, 3.8) is 0 Å². The summed E-state index contributed by atoms with van der Waals surface area (Å²) in [7, 11) is 0. The van der Waals surface area contributed by atoms with Crippen molar-refractivity contribution in [2.24, 2.45) is 11.8 Å². The fraction of sp³-hybridized carbons (Fsp3) is 0.556. The zero-order chi connectivity index (χ0) is 16.8. The lowest BCUT2D eigenvalue weighted by atomic mass is 9.91. The van der Waals surface area contributed by atoms with E-state index in [9.17, 15) is 9.59 Å². The van der Waals surface area contributed by atoms with Crippen molar-refractivity contribution in [2.75, 3.05) is 13.1 Å². The van der Waals surface area contributed by atoms with Crippen LogP contribution in [0.2, 0.25) is 0 Å². The van der Waals surface area contributed by atoms with Crippen LogP contribution in [0.25, 0.3) is 0 Å². The smallest absolute Gasteiger partial charge is 0.321 e. The highest BCUT2D eigenvalue weighted by Crippen LogP contribution is 2.22. The standard InChI is InChI=1S/C18H27N3O2/c1-13-9-14(2)12-21(11-13)15(3)17(22)20-18(23)19-10-16-7-5-4-6-8-16/h4-8,13-15H,9-12H2,1-3H3,(H2,19,20,22,23)/t13-,14-,15-/m0/s1. The zero-order valence-electron chi connectivity index (χ0n) is 14.2. The van der Waals surface area contributed by atoms with Crippen LogP contribution >= 0.6 is 0 Å². The number of rotatable bonds is 4. The van der Waals surface area contributed by atoms with Crippen molar-refractivity contribution >= 4 is 11.9 Å². The number of imide groups is 1. The summed E-state index contributed by atoms with van der Waals surface area (Å²) in [5.41, 5.74) is 1.00. The quantitative estimate of drug-likeness (QED) is 0.896. The molecule has 5 nitrogen and oxygen atoms in total. The zero-order valence-corrected chi connectivity index (χ0v) is 14.2. The molecule has 1 aliphatic rings. The highest BCUT2D eigenvalue weighted by Gasteiger charge is 2.29. The predicted molar refractivity (Wildman–Crippen MR) is 90.8 cm³/mol. The second-order valence-corrected chi connectivity index (χ2v) is 6.73. The number of nitrogens with zero attached hydrogens (tertiary/aromatic N) is 1. The molecular weight excluding hydrogens is 290 g/mol. The number of nitrogens with one attached hydrogen (secondary N) is 2. The molecule has 1 heterocycles. The van der Waals surface area contributed by atoms with E-state index in [4.69, 9.17) is 0 Å². The maximum absolute atomic E-state index is 12.3. The van der Waals surface area contributed by atoms with Crippen molar-refractivity contribution in [3.05, 3.63) is 35.9 Å². The maximum Gasteiger partial charge on any atom is 0.321 e. The van der Waals surface area contributed by atoms with E-state index in [1.165, 1.54) is 6.42 Å². The van der Waals surface area contributed by atoms with Crippen LogP contribution in [-0.4, -0.2) is 36.0 Å². The molecule has 0 saturated carbocycles. The Morgan fingerprint density at radius 3 is 2.39 bits per heavy atom. The molecule has 0 spiro atoms. The summed E-state index contributed by atoms with van der Waals surface area (Å²) in [6, 6.07) is 8.89. The van der Waals surface area contributed by atoms with Gasteiger partial charge in [0.25, 0.3) is 0 Å². The molecule has 0 unspecified atom stereocenters. The van der Waals surface area contributed by atoms with Gasteiger partial charge in [-0.05, 0) is 30.7 Å². The first-order valence-corrected chi connectivity index (χ1v) is 8.32. The molecule has 2 rings (SSSR count). The highest BCUT2D eigenvalue weighted by atomic mass is 16.2. The molecule has 23 heavy (non-hydrogen) atoms. The lowest BCUT2D eigenvalue weighted by molar-refractivity contribution is -0.125. The molecule has 0 radical (unpaired) electrons. The first-order valence-electron chi connectivity index (χ1n) is 8.32. The van der Waals surface area contributed by atoms with Gasteiger partial charge in [0.1, 0.15) is 0 Å². The number of piperidine rings is 1. The molecule has 126 valence electrons. The molecule has 1 aromatic rings. The van der Waals surface area contributed by atoms with E-state index in [2.05, 4.69) is 29.4 Å². The van der Waals surface area contributed by atoms with Gasteiger partial charge < -0.3 is 5.32 Å². The van der Waals surface area contributed by atoms with Gasteiger partial charge in [-0.2, -0.15) is 0 Å². The van der Waals surface area contributed by atoms with E-state index >= 15 is 0 Å². The van der Waals surface area contributed by atoms with Gasteiger partial charge in [0.05, 0.1) is 6.04 Å². The summed E-state index contributed by atoms with van der Waals surface area (Å²) in [4.78, 5) is 26.3. The molecule has 3 atom stereocenters. The minimum Gasteiger partial charge on any atom is -0.334 e. The number of hydrogen-bond acceptors (Lipinski definition) is 3. The van der Waals surface area contributed by atoms with E-state index in [0.717, 1.165) is 18.7 Å². The average molecular weight is 317 g/mol. The van der Waals surface area contributed by atoms with Gasteiger partial charge in [0.15, 0.2) is 0 Å². The van der Waals surface area contributed by atoms with E-state index in [1.807, 2.05) is 37.3 Å². The highest BCUT2D eigenvalue weighted by molar-refractivity contribution is 5.96. The third-order valence-electron chi connectivity index (χ3n) is 4.36. The van der Waals surface area contributed by atoms with Crippen LogP contribution in [0.1, 0.15) is 32.8 Å². The molecule has 0 bridgehead atoms. The first-order chi connectivity index (χ1) is 11.0. The van der Waals surface area contributed by atoms with Crippen LogP contribution in [0, 0.1) is 11.8 Å². The van der Waals surface area contributed by atoms with Crippen molar-refractivity contribution in [3.8, 4) is 0 Å². The molecule has 1 aromatic carbocycles. The Morgan fingerprint density at radius 1 is 1.17 bits per heavy atom. The minimum atomic E-state index is -0.441. The number of benzene rings is 1. The molecule has 0 aliphatic carbocycles. The summed E-state index contributed by atoms with van der Waals surface area (Å²) in [5, 5.41) is 5.16. The molecular formula is C18H27N3O2. The molecule has 5 heteroatoms. The van der Waals surface area contributed by atoms with Gasteiger partial charge in [-0.1, -0.05) is 44.2 Å². The molecule has 3 amide bonds. The van der Waals surface area contributed by atoms with Crippen LogP contribution in [0.5, 0.6) is 0 Å². The summed E-state index contributed by atoms with van der Waals surface area (Å²) in [5.74, 6) is 0.929. The Labute approximate surface area is 138 Å². The summed E-state index contributed by atoms with van der Waals surface area (Å²) in [6.45, 7) is 8.51. The summed E-state index contributed by atoms with van der Waals surface area (Å²) in [6.07, 6.45) is 1.20. The van der Waals surface area contributed by atoms with Crippen molar-refractivity contribution in [2.45, 2.75) is 39.8 Å². The lowest BCUT2D eigenvalue weighted by Crippen LogP contribution is -2.53. The number of likely N-dealkylation sites (tertiary alicyclic amines) is 1. The predicted octanol–water partition coefficient (Wildman–Crippen LogP) is 2.38. The minimum absolute atomic E-state index is 0.239. The van der Waals surface area contributed by atoms with Crippen LogP contribution in [-0.2, 0) is 11.3 Å². The number of amides is 3. The SMILES string of the molecule is C[C@H]1C[C@H](C)CN([C@@H](C)C(=O)NC(=O)NCc2ccccc2)C1. The second kappa shape index (κ2) is 8.11. The molecule has 0 aromatic heterocycles. The van der Waals surface area contributed by atoms with Crippen molar-refractivity contribution in [1.82, 2.24) is 15.5 Å². The Bertz CT molecular complexity index is 522. The Hall–Kier alpha value is -1.88. The molecule has 1 saturated heterocycles. The van der Waals surface area contributed by atoms with Gasteiger partial charge >= 0.3 is 6.03 Å². The fourth-order valence-electron chi connectivity index (χ4n) is 3.23. The Morgan fingerprint density at radius 2 is 1.78 bits per heavy atom. The number of carbonyl (C=O) groups excluding carboxylic acids is 2. The molecule has 1 fully saturated rings. The number of hydrogen-bond donors (Lipinski definition) is 2. The number of urea groups is 1. The van der Waals surface area contributed by atoms with Gasteiger partial charge in [-0.25, -0.2) is 4.79 Å². The average Bonchev–Trinajstić information content (AvgIpc) is 2.52. The van der Waals surface area contributed by atoms with Crippen LogP contribution in [0.15, 0.2) is 30.3 Å². The topological polar surface area (TPSA) is 61.4 Å². The summed E-state index contributed by atoms with van der Waals surface area (Å²) < 4.78 is 0. The van der Waals surface area contributed by atoms with E-state index in [1.54, 1.807) is 0 Å². The van der Waals surface area contributed by atoms with Crippen molar-refractivity contribution < 1.29 is 9.59 Å². The van der Waals surface area contributed by atoms with Gasteiger partial charge in [0.2, 0.25) is 5.91 Å². The van der Waals surface area contributed by atoms with Crippen molar-refractivity contribution in [1.29, 1.82) is 0 Å². The van der Waals surface area contributed by atoms with Crippen LogP contribution < -0.4 is 10.6 Å². The molecule has 1 aliphatic heterocycles. The Balaban J connectivity index is 1.79. The van der Waals surface area contributed by atoms with Crippen LogP contribution in [0.4, 0.5) is 4.79 Å². The fourth-order valence-corrected chi connectivity index (χ4v) is 3.23. The third kappa shape index (κ3) is 5.36. The third-order valence-corrected chi connectivity index (χ3v) is 4.36. The Kier molecular flexibility index (Phi) is 6.16. The van der Waals surface area contributed by atoms with Gasteiger partial charge in [0, 0.05) is 19.6 Å².